The number of benzene rings is 1. The van der Waals surface area contributed by atoms with Gasteiger partial charge in [-0.3, -0.25) is 9.59 Å². The molecule has 154 valence electrons. The van der Waals surface area contributed by atoms with Crippen molar-refractivity contribution in [1.82, 2.24) is 15.1 Å². The first-order valence-corrected chi connectivity index (χ1v) is 10.2. The third kappa shape index (κ3) is 6.82. The molecule has 0 aromatic heterocycles. The average Bonchev–Trinajstić information content (AvgIpc) is 2.86. The van der Waals surface area contributed by atoms with Crippen molar-refractivity contribution in [3.05, 3.63) is 34.3 Å². The largest absolute Gasteiger partial charge is 0.444 e. The first-order valence-electron chi connectivity index (χ1n) is 9.46. The maximum Gasteiger partial charge on any atom is 0.407 e. The summed E-state index contributed by atoms with van der Waals surface area (Å²) in [6.45, 7) is 7.78. The monoisotopic (exact) mass is 453 g/mol. The quantitative estimate of drug-likeness (QED) is 0.759. The molecule has 1 heterocycles. The summed E-state index contributed by atoms with van der Waals surface area (Å²) in [5.74, 6) is -0.0698. The van der Waals surface area contributed by atoms with E-state index in [9.17, 15) is 14.4 Å². The van der Waals surface area contributed by atoms with Gasteiger partial charge >= 0.3 is 6.09 Å². The Morgan fingerprint density at radius 3 is 2.39 bits per heavy atom. The summed E-state index contributed by atoms with van der Waals surface area (Å²) in [5.41, 5.74) is 0.0617. The van der Waals surface area contributed by atoms with Crippen LogP contribution in [-0.4, -0.2) is 66.0 Å². The van der Waals surface area contributed by atoms with E-state index in [2.05, 4.69) is 21.2 Å². The van der Waals surface area contributed by atoms with Crippen molar-refractivity contribution in [2.75, 3.05) is 32.7 Å². The Bertz CT molecular complexity index is 718. The fourth-order valence-corrected chi connectivity index (χ4v) is 3.37. The molecule has 0 atom stereocenters. The summed E-state index contributed by atoms with van der Waals surface area (Å²) in [6, 6.07) is 7.35. The number of halogens is 1. The molecule has 3 amide bonds. The molecule has 0 unspecified atom stereocenters. The minimum absolute atomic E-state index is 0.0339. The van der Waals surface area contributed by atoms with Crippen LogP contribution >= 0.6 is 15.9 Å². The van der Waals surface area contributed by atoms with E-state index in [0.29, 0.717) is 31.7 Å². The number of carbonyl (C=O) groups excluding carboxylic acids is 3. The molecule has 1 aliphatic rings. The average molecular weight is 454 g/mol. The van der Waals surface area contributed by atoms with E-state index in [1.54, 1.807) is 36.6 Å². The molecular formula is C20H28BrN3O4. The van der Waals surface area contributed by atoms with Crippen molar-refractivity contribution in [3.8, 4) is 0 Å². The normalized spacial score (nSPS) is 15.0. The van der Waals surface area contributed by atoms with Crippen LogP contribution < -0.4 is 5.32 Å². The molecule has 0 spiro atoms. The highest BCUT2D eigenvalue weighted by Crippen LogP contribution is 2.19. The molecule has 1 aromatic carbocycles. The number of ether oxygens (including phenoxy) is 1. The maximum absolute atomic E-state index is 12.7. The number of hydrogen-bond donors (Lipinski definition) is 1. The van der Waals surface area contributed by atoms with Crippen LogP contribution in [0.2, 0.25) is 0 Å². The highest BCUT2D eigenvalue weighted by molar-refractivity contribution is 9.10. The Morgan fingerprint density at radius 2 is 1.71 bits per heavy atom. The second-order valence-electron chi connectivity index (χ2n) is 7.69. The number of carbonyl (C=O) groups is 3. The van der Waals surface area contributed by atoms with Crippen LogP contribution in [0.5, 0.6) is 0 Å². The number of nitrogens with zero attached hydrogens (tertiary/aromatic N) is 2. The predicted octanol–water partition coefficient (Wildman–Crippen LogP) is 3.04. The molecule has 8 heteroatoms. The predicted molar refractivity (Wildman–Crippen MR) is 110 cm³/mol. The van der Waals surface area contributed by atoms with E-state index < -0.39 is 11.7 Å². The van der Waals surface area contributed by atoms with E-state index in [0.717, 1.165) is 10.9 Å². The van der Waals surface area contributed by atoms with Crippen molar-refractivity contribution >= 4 is 33.8 Å². The summed E-state index contributed by atoms with van der Waals surface area (Å²) in [5, 5.41) is 2.60. The minimum atomic E-state index is -0.567. The van der Waals surface area contributed by atoms with Crippen LogP contribution in [0.4, 0.5) is 4.79 Å². The second kappa shape index (κ2) is 9.91. The first-order chi connectivity index (χ1) is 13.2. The number of rotatable bonds is 4. The number of alkyl carbamates (subject to hydrolysis) is 1. The van der Waals surface area contributed by atoms with Gasteiger partial charge in [0.15, 0.2) is 0 Å². The summed E-state index contributed by atoms with van der Waals surface area (Å²) in [7, 11) is 0. The Balaban J connectivity index is 1.81. The molecule has 1 N–H and O–H groups in total. The highest BCUT2D eigenvalue weighted by atomic mass is 79.9. The highest BCUT2D eigenvalue weighted by Gasteiger charge is 2.24. The van der Waals surface area contributed by atoms with Crippen molar-refractivity contribution in [2.45, 2.75) is 39.2 Å². The van der Waals surface area contributed by atoms with E-state index in [1.807, 2.05) is 18.2 Å². The topological polar surface area (TPSA) is 79.0 Å². The zero-order valence-electron chi connectivity index (χ0n) is 16.7. The summed E-state index contributed by atoms with van der Waals surface area (Å²) in [6.07, 6.45) is 0.403. The number of hydrogen-bond acceptors (Lipinski definition) is 4. The van der Waals surface area contributed by atoms with Crippen molar-refractivity contribution < 1.29 is 19.1 Å². The lowest BCUT2D eigenvalue weighted by Gasteiger charge is -2.23. The molecule has 28 heavy (non-hydrogen) atoms. The molecule has 7 nitrogen and oxygen atoms in total. The maximum atomic E-state index is 12.7. The lowest BCUT2D eigenvalue weighted by molar-refractivity contribution is -0.130. The smallest absolute Gasteiger partial charge is 0.407 e. The number of nitrogens with one attached hydrogen (secondary N) is 1. The molecule has 0 aliphatic carbocycles. The van der Waals surface area contributed by atoms with Crippen LogP contribution in [0, 0.1) is 0 Å². The molecule has 1 fully saturated rings. The molecule has 2 rings (SSSR count). The Morgan fingerprint density at radius 1 is 1.07 bits per heavy atom. The third-order valence-electron chi connectivity index (χ3n) is 4.25. The zero-order chi connectivity index (χ0) is 20.7. The van der Waals surface area contributed by atoms with Crippen molar-refractivity contribution in [2.24, 2.45) is 0 Å². The molecular weight excluding hydrogens is 426 g/mol. The Kier molecular flexibility index (Phi) is 7.86. The van der Waals surface area contributed by atoms with Crippen LogP contribution in [0.1, 0.15) is 44.0 Å². The van der Waals surface area contributed by atoms with Crippen molar-refractivity contribution in [1.29, 1.82) is 0 Å². The van der Waals surface area contributed by atoms with Gasteiger partial charge in [-0.05, 0) is 55.3 Å². The van der Waals surface area contributed by atoms with Gasteiger partial charge in [0.2, 0.25) is 5.91 Å². The molecule has 1 aliphatic heterocycles. The van der Waals surface area contributed by atoms with Crippen LogP contribution in [0.25, 0.3) is 0 Å². The molecule has 0 saturated carbocycles. The lowest BCUT2D eigenvalue weighted by Crippen LogP contribution is -2.39. The molecule has 1 aromatic rings. The zero-order valence-corrected chi connectivity index (χ0v) is 18.3. The van der Waals surface area contributed by atoms with Gasteiger partial charge in [0.05, 0.1) is 5.56 Å². The standard InChI is InChI=1S/C20H28BrN3O4/c1-20(2,3)28-19(27)22-10-9-17(25)23-11-6-12-24(14-13-23)18(26)15-7-4-5-8-16(15)21/h4-5,7-8H,6,9-14H2,1-3H3,(H,22,27). The van der Waals surface area contributed by atoms with Gasteiger partial charge in [0.25, 0.3) is 5.91 Å². The van der Waals surface area contributed by atoms with Crippen LogP contribution in [0.15, 0.2) is 28.7 Å². The summed E-state index contributed by atoms with van der Waals surface area (Å²) >= 11 is 3.42. The van der Waals surface area contributed by atoms with Gasteiger partial charge in [-0.2, -0.15) is 0 Å². The van der Waals surface area contributed by atoms with Gasteiger partial charge in [-0.15, -0.1) is 0 Å². The number of amides is 3. The van der Waals surface area contributed by atoms with Gasteiger partial charge in [0.1, 0.15) is 5.60 Å². The van der Waals surface area contributed by atoms with Gasteiger partial charge in [0, 0.05) is 43.6 Å². The SMILES string of the molecule is CC(C)(C)OC(=O)NCCC(=O)N1CCCN(C(=O)c2ccccc2Br)CC1. The van der Waals surface area contributed by atoms with Crippen LogP contribution in [0.3, 0.4) is 0 Å². The van der Waals surface area contributed by atoms with Gasteiger partial charge in [-0.1, -0.05) is 12.1 Å². The van der Waals surface area contributed by atoms with E-state index >= 15 is 0 Å². The first kappa shape index (κ1) is 22.2. The molecule has 1 saturated heterocycles. The van der Waals surface area contributed by atoms with Gasteiger partial charge < -0.3 is 19.9 Å². The van der Waals surface area contributed by atoms with Crippen molar-refractivity contribution in [3.63, 3.8) is 0 Å². The Labute approximate surface area is 174 Å². The summed E-state index contributed by atoms with van der Waals surface area (Å²) in [4.78, 5) is 40.4. The van der Waals surface area contributed by atoms with Gasteiger partial charge in [-0.25, -0.2) is 4.79 Å². The van der Waals surface area contributed by atoms with E-state index in [-0.39, 0.29) is 24.8 Å². The Hall–Kier alpha value is -2.09. The van der Waals surface area contributed by atoms with E-state index in [4.69, 9.17) is 4.74 Å². The molecule has 0 radical (unpaired) electrons. The minimum Gasteiger partial charge on any atom is -0.444 e. The second-order valence-corrected chi connectivity index (χ2v) is 8.54. The lowest BCUT2D eigenvalue weighted by atomic mass is 10.2. The fraction of sp³-hybridized carbons (Fsp3) is 0.550. The summed E-state index contributed by atoms with van der Waals surface area (Å²) < 4.78 is 5.92. The molecule has 0 bridgehead atoms. The third-order valence-corrected chi connectivity index (χ3v) is 4.94. The van der Waals surface area contributed by atoms with E-state index in [1.165, 1.54) is 0 Å². The van der Waals surface area contributed by atoms with Crippen LogP contribution in [-0.2, 0) is 9.53 Å². The fourth-order valence-electron chi connectivity index (χ4n) is 2.92.